The van der Waals surface area contributed by atoms with Crippen LogP contribution < -0.4 is 24.3 Å². The molecule has 1 aromatic heterocycles. The average molecular weight is 478 g/mol. The number of methoxy groups -OCH3 is 2. The van der Waals surface area contributed by atoms with Gasteiger partial charge in [0, 0.05) is 30.0 Å². The number of amides is 1. The molecule has 3 aromatic rings. The molecule has 1 N–H and O–H groups in total. The number of carbonyl (C=O) groups excluding carboxylic acids is 1. The van der Waals surface area contributed by atoms with Gasteiger partial charge in [-0.05, 0) is 62.2 Å². The van der Waals surface area contributed by atoms with Crippen molar-refractivity contribution >= 4 is 22.5 Å². The highest BCUT2D eigenvalue weighted by Gasteiger charge is 2.26. The summed E-state index contributed by atoms with van der Waals surface area (Å²) in [5, 5.41) is 3.98. The number of fused-ring (bicyclic) bond motifs is 2. The molecule has 8 heteroatoms. The highest BCUT2D eigenvalue weighted by molar-refractivity contribution is 6.02. The van der Waals surface area contributed by atoms with Crippen molar-refractivity contribution in [2.24, 2.45) is 5.92 Å². The van der Waals surface area contributed by atoms with Gasteiger partial charge in [-0.1, -0.05) is 6.07 Å². The number of benzene rings is 2. The Labute approximate surface area is 205 Å². The lowest BCUT2D eigenvalue weighted by Gasteiger charge is -2.31. The Morgan fingerprint density at radius 1 is 1.03 bits per heavy atom. The zero-order valence-electron chi connectivity index (χ0n) is 20.2. The van der Waals surface area contributed by atoms with Crippen molar-refractivity contribution in [2.45, 2.75) is 19.3 Å². The fourth-order valence-electron chi connectivity index (χ4n) is 4.70. The normalized spacial score (nSPS) is 16.2. The van der Waals surface area contributed by atoms with E-state index in [2.05, 4.69) is 27.3 Å². The molecule has 1 amide bonds. The summed E-state index contributed by atoms with van der Waals surface area (Å²) in [7, 11) is 3.20. The summed E-state index contributed by atoms with van der Waals surface area (Å²) in [4.78, 5) is 20.1. The Hall–Kier alpha value is -3.52. The molecule has 35 heavy (non-hydrogen) atoms. The van der Waals surface area contributed by atoms with E-state index in [9.17, 15) is 4.79 Å². The van der Waals surface area contributed by atoms with Gasteiger partial charge >= 0.3 is 0 Å². The van der Waals surface area contributed by atoms with Crippen LogP contribution in [0.3, 0.4) is 0 Å². The molecule has 0 aliphatic carbocycles. The van der Waals surface area contributed by atoms with Crippen molar-refractivity contribution in [2.75, 3.05) is 52.4 Å². The summed E-state index contributed by atoms with van der Waals surface area (Å²) >= 11 is 0. The molecule has 0 radical (unpaired) electrons. The van der Waals surface area contributed by atoms with Crippen molar-refractivity contribution < 1.29 is 23.7 Å². The number of nitrogens with one attached hydrogen (secondary N) is 1. The van der Waals surface area contributed by atoms with E-state index in [4.69, 9.17) is 18.9 Å². The number of piperidine rings is 1. The summed E-state index contributed by atoms with van der Waals surface area (Å²) in [6.45, 7) is 3.95. The van der Waals surface area contributed by atoms with Crippen LogP contribution >= 0.6 is 0 Å². The summed E-state index contributed by atoms with van der Waals surface area (Å²) < 4.78 is 22.0. The lowest BCUT2D eigenvalue weighted by Crippen LogP contribution is -2.39. The Bertz CT molecular complexity index is 1210. The Kier molecular flexibility index (Phi) is 6.90. The van der Waals surface area contributed by atoms with E-state index in [-0.39, 0.29) is 11.8 Å². The molecule has 2 aromatic carbocycles. The van der Waals surface area contributed by atoms with Gasteiger partial charge in [-0.25, -0.2) is 4.98 Å². The Balaban J connectivity index is 1.18. The highest BCUT2D eigenvalue weighted by atomic mass is 16.6. The van der Waals surface area contributed by atoms with Crippen LogP contribution in [0.1, 0.15) is 18.4 Å². The monoisotopic (exact) mass is 477 g/mol. The molecule has 1 fully saturated rings. The molecule has 0 saturated carbocycles. The second kappa shape index (κ2) is 10.4. The van der Waals surface area contributed by atoms with Gasteiger partial charge in [0.05, 0.1) is 25.4 Å². The van der Waals surface area contributed by atoms with E-state index in [0.29, 0.717) is 36.0 Å². The van der Waals surface area contributed by atoms with E-state index >= 15 is 0 Å². The molecule has 1 saturated heterocycles. The van der Waals surface area contributed by atoms with Crippen LogP contribution in [0.4, 0.5) is 5.69 Å². The maximum Gasteiger partial charge on any atom is 0.227 e. The predicted molar refractivity (Wildman–Crippen MR) is 134 cm³/mol. The van der Waals surface area contributed by atoms with Crippen molar-refractivity contribution in [3.8, 4) is 23.1 Å². The molecular formula is C27H31N3O5. The zero-order chi connectivity index (χ0) is 24.2. The van der Waals surface area contributed by atoms with Gasteiger partial charge in [0.25, 0.3) is 0 Å². The fraction of sp³-hybridized carbons (Fsp3) is 0.407. The van der Waals surface area contributed by atoms with Crippen molar-refractivity contribution in [3.63, 3.8) is 0 Å². The first kappa shape index (κ1) is 23.2. The number of hydrogen-bond acceptors (Lipinski definition) is 7. The summed E-state index contributed by atoms with van der Waals surface area (Å²) in [5.41, 5.74) is 2.57. The van der Waals surface area contributed by atoms with Crippen molar-refractivity contribution in [3.05, 3.63) is 48.0 Å². The van der Waals surface area contributed by atoms with Gasteiger partial charge in [-0.3, -0.25) is 4.79 Å². The third-order valence-electron chi connectivity index (χ3n) is 6.72. The fourth-order valence-corrected chi connectivity index (χ4v) is 4.70. The molecule has 0 bridgehead atoms. The average Bonchev–Trinajstić information content (AvgIpc) is 2.91. The maximum atomic E-state index is 13.1. The number of aromatic nitrogens is 1. The molecule has 0 unspecified atom stereocenters. The van der Waals surface area contributed by atoms with Crippen molar-refractivity contribution in [1.29, 1.82) is 0 Å². The SMILES string of the molecule is COc1cc(NC(=O)C2CCN(CCc3ccc4c(c3)OCCO4)CC2)c2nc(OC)ccc2c1. The van der Waals surface area contributed by atoms with Gasteiger partial charge < -0.3 is 29.2 Å². The minimum absolute atomic E-state index is 0.0238. The lowest BCUT2D eigenvalue weighted by molar-refractivity contribution is -0.121. The van der Waals surface area contributed by atoms with Crippen LogP contribution in [0.5, 0.6) is 23.1 Å². The molecule has 0 atom stereocenters. The van der Waals surface area contributed by atoms with E-state index in [1.165, 1.54) is 5.56 Å². The summed E-state index contributed by atoms with van der Waals surface area (Å²) in [5.74, 6) is 2.83. The number of rotatable bonds is 7. The quantitative estimate of drug-likeness (QED) is 0.552. The molecular weight excluding hydrogens is 446 g/mol. The van der Waals surface area contributed by atoms with Crippen LogP contribution in [0.25, 0.3) is 10.9 Å². The highest BCUT2D eigenvalue weighted by Crippen LogP contribution is 2.32. The van der Waals surface area contributed by atoms with E-state index < -0.39 is 0 Å². The van der Waals surface area contributed by atoms with Crippen LogP contribution in [0, 0.1) is 5.92 Å². The maximum absolute atomic E-state index is 13.1. The first-order valence-corrected chi connectivity index (χ1v) is 12.1. The lowest BCUT2D eigenvalue weighted by atomic mass is 9.95. The number of pyridine rings is 1. The third kappa shape index (κ3) is 5.27. The second-order valence-electron chi connectivity index (χ2n) is 8.93. The number of hydrogen-bond donors (Lipinski definition) is 1. The molecule has 8 nitrogen and oxygen atoms in total. The predicted octanol–water partition coefficient (Wildman–Crippen LogP) is 3.92. The van der Waals surface area contributed by atoms with Gasteiger partial charge in [0.15, 0.2) is 11.5 Å². The third-order valence-corrected chi connectivity index (χ3v) is 6.72. The van der Waals surface area contributed by atoms with Crippen LogP contribution in [-0.4, -0.2) is 62.9 Å². The number of likely N-dealkylation sites (tertiary alicyclic amines) is 1. The molecule has 3 heterocycles. The van der Waals surface area contributed by atoms with Gasteiger partial charge in [-0.15, -0.1) is 0 Å². The molecule has 2 aliphatic rings. The summed E-state index contributed by atoms with van der Waals surface area (Å²) in [6.07, 6.45) is 2.59. The topological polar surface area (TPSA) is 82.2 Å². The minimum atomic E-state index is -0.0348. The standard InChI is InChI=1S/C27H31N3O5/c1-32-21-16-20-4-6-25(33-2)29-26(20)22(17-21)28-27(31)19-8-11-30(12-9-19)10-7-18-3-5-23-24(15-18)35-14-13-34-23/h3-6,15-17,19H,7-14H2,1-2H3,(H,28,31). The largest absolute Gasteiger partial charge is 0.497 e. The molecule has 184 valence electrons. The number of nitrogens with zero attached hydrogens (tertiary/aromatic N) is 2. The zero-order valence-corrected chi connectivity index (χ0v) is 20.2. The van der Waals surface area contributed by atoms with E-state index in [0.717, 1.165) is 55.8 Å². The van der Waals surface area contributed by atoms with E-state index in [1.54, 1.807) is 20.3 Å². The number of ether oxygens (including phenoxy) is 4. The van der Waals surface area contributed by atoms with Gasteiger partial charge in [0.1, 0.15) is 19.0 Å². The smallest absolute Gasteiger partial charge is 0.227 e. The first-order valence-electron chi connectivity index (χ1n) is 12.1. The van der Waals surface area contributed by atoms with Gasteiger partial charge in [-0.2, -0.15) is 0 Å². The Morgan fingerprint density at radius 3 is 2.60 bits per heavy atom. The molecule has 0 spiro atoms. The van der Waals surface area contributed by atoms with Gasteiger partial charge in [0.2, 0.25) is 11.8 Å². The molecule has 5 rings (SSSR count). The number of anilines is 1. The number of carbonyl (C=O) groups is 1. The molecule has 2 aliphatic heterocycles. The van der Waals surface area contributed by atoms with Crippen LogP contribution in [0.2, 0.25) is 0 Å². The summed E-state index contributed by atoms with van der Waals surface area (Å²) in [6, 6.07) is 13.6. The first-order chi connectivity index (χ1) is 17.1. The van der Waals surface area contributed by atoms with Crippen LogP contribution in [-0.2, 0) is 11.2 Å². The minimum Gasteiger partial charge on any atom is -0.497 e. The van der Waals surface area contributed by atoms with Crippen LogP contribution in [0.15, 0.2) is 42.5 Å². The van der Waals surface area contributed by atoms with E-state index in [1.807, 2.05) is 24.3 Å². The van der Waals surface area contributed by atoms with Crippen molar-refractivity contribution in [1.82, 2.24) is 9.88 Å². The second-order valence-corrected chi connectivity index (χ2v) is 8.93. The Morgan fingerprint density at radius 2 is 1.83 bits per heavy atom.